The molecule has 1 saturated heterocycles. The molecule has 2 heterocycles. The summed E-state index contributed by atoms with van der Waals surface area (Å²) in [6, 6.07) is 13.9. The van der Waals surface area contributed by atoms with E-state index in [1.165, 1.54) is 0 Å². The highest BCUT2D eigenvalue weighted by Crippen LogP contribution is 2.31. The summed E-state index contributed by atoms with van der Waals surface area (Å²) >= 11 is 0. The molecule has 0 unspecified atom stereocenters. The number of fused-ring (bicyclic) bond motifs is 1. The molecule has 0 saturated carbocycles. The Hall–Kier alpha value is -3.16. The van der Waals surface area contributed by atoms with E-state index in [9.17, 15) is 14.7 Å². The molecule has 3 aromatic rings. The van der Waals surface area contributed by atoms with Crippen molar-refractivity contribution in [3.63, 3.8) is 0 Å². The smallest absolute Gasteiger partial charge is 0.325 e. The zero-order chi connectivity index (χ0) is 21.1. The number of nitrogens with zero attached hydrogens (tertiary/aromatic N) is 2. The van der Waals surface area contributed by atoms with E-state index in [0.29, 0.717) is 11.3 Å². The normalized spacial score (nSPS) is 16.4. The highest BCUT2D eigenvalue weighted by molar-refractivity contribution is 6.05. The summed E-state index contributed by atoms with van der Waals surface area (Å²) in [5.74, 6) is -1.03. The van der Waals surface area contributed by atoms with E-state index in [0.717, 1.165) is 49.2 Å². The van der Waals surface area contributed by atoms with Gasteiger partial charge in [0.25, 0.3) is 5.91 Å². The van der Waals surface area contributed by atoms with E-state index < -0.39 is 12.0 Å². The molecule has 3 N–H and O–H groups in total. The van der Waals surface area contributed by atoms with Gasteiger partial charge in [-0.25, -0.2) is 0 Å². The summed E-state index contributed by atoms with van der Waals surface area (Å²) in [5, 5.41) is 13.7. The molecule has 0 aliphatic carbocycles. The lowest BCUT2D eigenvalue weighted by Crippen LogP contribution is -2.49. The van der Waals surface area contributed by atoms with Crippen LogP contribution in [0.3, 0.4) is 0 Å². The van der Waals surface area contributed by atoms with Crippen LogP contribution >= 0.6 is 0 Å². The molecule has 4 rings (SSSR count). The Morgan fingerprint density at radius 2 is 1.83 bits per heavy atom. The molecule has 1 aliphatic rings. The standard InChI is InChI=1S/C23H26N4O3/c1-2-26-10-12-27(13-11-26)21(23(29)30)19-15-24-20-14-17(8-9-18(19)20)25-22(28)16-6-4-3-5-7-16/h3-9,14-15,21,24H,2,10-13H2,1H3,(H,25,28)(H,29,30)/t21-/m1/s1. The van der Waals surface area contributed by atoms with Gasteiger partial charge >= 0.3 is 5.97 Å². The van der Waals surface area contributed by atoms with Gasteiger partial charge in [-0.2, -0.15) is 0 Å². The van der Waals surface area contributed by atoms with E-state index in [2.05, 4.69) is 22.1 Å². The zero-order valence-corrected chi connectivity index (χ0v) is 17.0. The van der Waals surface area contributed by atoms with Crippen molar-refractivity contribution >= 4 is 28.5 Å². The number of rotatable bonds is 6. The molecule has 30 heavy (non-hydrogen) atoms. The number of aromatic nitrogens is 1. The van der Waals surface area contributed by atoms with Crippen LogP contribution in [0.25, 0.3) is 10.9 Å². The highest BCUT2D eigenvalue weighted by atomic mass is 16.4. The minimum Gasteiger partial charge on any atom is -0.480 e. The van der Waals surface area contributed by atoms with Crippen LogP contribution in [0.2, 0.25) is 0 Å². The first-order chi connectivity index (χ1) is 14.6. The maximum Gasteiger partial charge on any atom is 0.325 e. The number of nitrogens with one attached hydrogen (secondary N) is 2. The number of amides is 1. The van der Waals surface area contributed by atoms with Crippen LogP contribution in [0, 0.1) is 0 Å². The number of carboxylic acid groups (broad SMARTS) is 1. The average Bonchev–Trinajstić information content (AvgIpc) is 3.17. The van der Waals surface area contributed by atoms with Crippen molar-refractivity contribution in [1.82, 2.24) is 14.8 Å². The molecular formula is C23H26N4O3. The number of anilines is 1. The van der Waals surface area contributed by atoms with E-state index in [1.807, 2.05) is 41.3 Å². The van der Waals surface area contributed by atoms with Gasteiger partial charge in [-0.05, 0) is 30.8 Å². The van der Waals surface area contributed by atoms with Crippen molar-refractivity contribution in [2.75, 3.05) is 38.0 Å². The fourth-order valence-corrected chi connectivity index (χ4v) is 4.07. The first kappa shape index (κ1) is 20.1. The second kappa shape index (κ2) is 8.69. The summed E-state index contributed by atoms with van der Waals surface area (Å²) in [6.45, 7) is 6.30. The number of aliphatic carboxylic acids is 1. The molecule has 1 amide bonds. The lowest BCUT2D eigenvalue weighted by molar-refractivity contribution is -0.144. The summed E-state index contributed by atoms with van der Waals surface area (Å²) in [4.78, 5) is 32.1. The molecule has 156 valence electrons. The van der Waals surface area contributed by atoms with Crippen molar-refractivity contribution in [3.8, 4) is 0 Å². The Balaban J connectivity index is 1.56. The fraction of sp³-hybridized carbons (Fsp3) is 0.304. The first-order valence-corrected chi connectivity index (χ1v) is 10.2. The summed E-state index contributed by atoms with van der Waals surface area (Å²) in [5.41, 5.74) is 2.80. The van der Waals surface area contributed by atoms with E-state index in [4.69, 9.17) is 0 Å². The van der Waals surface area contributed by atoms with Crippen molar-refractivity contribution in [1.29, 1.82) is 0 Å². The number of carbonyl (C=O) groups excluding carboxylic acids is 1. The number of hydrogen-bond acceptors (Lipinski definition) is 4. The second-order valence-corrected chi connectivity index (χ2v) is 7.54. The lowest BCUT2D eigenvalue weighted by atomic mass is 10.0. The third-order valence-corrected chi connectivity index (χ3v) is 5.76. The second-order valence-electron chi connectivity index (χ2n) is 7.54. The van der Waals surface area contributed by atoms with Gasteiger partial charge in [0.2, 0.25) is 0 Å². The molecule has 0 bridgehead atoms. The molecule has 1 fully saturated rings. The number of H-pyrrole nitrogens is 1. The van der Waals surface area contributed by atoms with Gasteiger partial charge in [-0.1, -0.05) is 31.2 Å². The Morgan fingerprint density at radius 1 is 1.10 bits per heavy atom. The van der Waals surface area contributed by atoms with E-state index >= 15 is 0 Å². The molecule has 7 nitrogen and oxygen atoms in total. The third-order valence-electron chi connectivity index (χ3n) is 5.76. The molecule has 1 atom stereocenters. The van der Waals surface area contributed by atoms with Gasteiger partial charge in [-0.3, -0.25) is 14.5 Å². The zero-order valence-electron chi connectivity index (χ0n) is 17.0. The number of likely N-dealkylation sites (N-methyl/N-ethyl adjacent to an activating group) is 1. The molecule has 1 aliphatic heterocycles. The van der Waals surface area contributed by atoms with E-state index in [1.54, 1.807) is 18.3 Å². The minimum absolute atomic E-state index is 0.182. The van der Waals surface area contributed by atoms with Crippen molar-refractivity contribution in [2.24, 2.45) is 0 Å². The molecule has 7 heteroatoms. The number of hydrogen-bond donors (Lipinski definition) is 3. The maximum absolute atomic E-state index is 12.4. The number of carbonyl (C=O) groups is 2. The van der Waals surface area contributed by atoms with Gasteiger partial charge in [0.05, 0.1) is 0 Å². The van der Waals surface area contributed by atoms with Crippen molar-refractivity contribution < 1.29 is 14.7 Å². The summed E-state index contributed by atoms with van der Waals surface area (Å²) < 4.78 is 0. The van der Waals surface area contributed by atoms with Crippen LogP contribution in [0.15, 0.2) is 54.7 Å². The first-order valence-electron chi connectivity index (χ1n) is 10.2. The van der Waals surface area contributed by atoms with Crippen molar-refractivity contribution in [3.05, 3.63) is 65.9 Å². The molecule has 0 spiro atoms. The van der Waals surface area contributed by atoms with Crippen LogP contribution in [-0.4, -0.2) is 64.5 Å². The monoisotopic (exact) mass is 406 g/mol. The van der Waals surface area contributed by atoms with Crippen LogP contribution < -0.4 is 5.32 Å². The average molecular weight is 406 g/mol. The summed E-state index contributed by atoms with van der Waals surface area (Å²) in [7, 11) is 0. The lowest BCUT2D eigenvalue weighted by Gasteiger charge is -2.37. The maximum atomic E-state index is 12.4. The Bertz CT molecular complexity index is 1040. The van der Waals surface area contributed by atoms with Gasteiger partial charge in [0, 0.05) is 60.1 Å². The predicted molar refractivity (Wildman–Crippen MR) is 117 cm³/mol. The number of benzene rings is 2. The highest BCUT2D eigenvalue weighted by Gasteiger charge is 2.31. The number of aromatic amines is 1. The van der Waals surface area contributed by atoms with Gasteiger partial charge in [0.1, 0.15) is 6.04 Å². The Morgan fingerprint density at radius 3 is 2.50 bits per heavy atom. The molecule has 0 radical (unpaired) electrons. The largest absolute Gasteiger partial charge is 0.480 e. The third kappa shape index (κ3) is 4.08. The van der Waals surface area contributed by atoms with Crippen LogP contribution in [0.1, 0.15) is 28.9 Å². The Kier molecular flexibility index (Phi) is 5.83. The molecular weight excluding hydrogens is 380 g/mol. The SMILES string of the molecule is CCN1CCN([C@@H](C(=O)O)c2c[nH]c3cc(NC(=O)c4ccccc4)ccc23)CC1. The number of carboxylic acids is 1. The quantitative estimate of drug-likeness (QED) is 0.585. The van der Waals surface area contributed by atoms with Gasteiger partial charge in [-0.15, -0.1) is 0 Å². The molecule has 1 aromatic heterocycles. The van der Waals surface area contributed by atoms with Crippen molar-refractivity contribution in [2.45, 2.75) is 13.0 Å². The van der Waals surface area contributed by atoms with E-state index in [-0.39, 0.29) is 5.91 Å². The fourth-order valence-electron chi connectivity index (χ4n) is 4.07. The van der Waals surface area contributed by atoms with Crippen LogP contribution in [0.4, 0.5) is 5.69 Å². The Labute approximate surface area is 175 Å². The van der Waals surface area contributed by atoms with Crippen LogP contribution in [-0.2, 0) is 4.79 Å². The molecule has 2 aromatic carbocycles. The van der Waals surface area contributed by atoms with Gasteiger partial charge in [0.15, 0.2) is 0 Å². The van der Waals surface area contributed by atoms with Crippen LogP contribution in [0.5, 0.6) is 0 Å². The van der Waals surface area contributed by atoms with Gasteiger partial charge < -0.3 is 20.3 Å². The number of piperazine rings is 1. The predicted octanol–water partition coefficient (Wildman–Crippen LogP) is 3.18. The summed E-state index contributed by atoms with van der Waals surface area (Å²) in [6.07, 6.45) is 1.78. The minimum atomic E-state index is -0.845. The topological polar surface area (TPSA) is 88.7 Å².